The first-order chi connectivity index (χ1) is 11.3. The zero-order chi connectivity index (χ0) is 16.1. The summed E-state index contributed by atoms with van der Waals surface area (Å²) in [7, 11) is 0. The summed E-state index contributed by atoms with van der Waals surface area (Å²) in [4.78, 5) is 0. The van der Waals surface area contributed by atoms with Crippen LogP contribution in [0.3, 0.4) is 0 Å². The number of hydrogen-bond donors (Lipinski definition) is 2. The Morgan fingerprint density at radius 1 is 1.43 bits per heavy atom. The van der Waals surface area contributed by atoms with Crippen molar-refractivity contribution in [1.82, 2.24) is 20.3 Å². The van der Waals surface area contributed by atoms with Crippen molar-refractivity contribution < 1.29 is 9.52 Å². The second-order valence-electron chi connectivity index (χ2n) is 6.49. The Balaban J connectivity index is 1.57. The van der Waals surface area contributed by atoms with E-state index in [-0.39, 0.29) is 6.61 Å². The van der Waals surface area contributed by atoms with Crippen LogP contribution in [-0.4, -0.2) is 32.2 Å². The molecule has 0 saturated heterocycles. The van der Waals surface area contributed by atoms with E-state index in [9.17, 15) is 5.11 Å². The second kappa shape index (κ2) is 7.75. The molecule has 6 nitrogen and oxygen atoms in total. The van der Waals surface area contributed by atoms with E-state index in [1.807, 2.05) is 23.0 Å². The van der Waals surface area contributed by atoms with Crippen LogP contribution in [0.5, 0.6) is 0 Å². The van der Waals surface area contributed by atoms with Gasteiger partial charge in [0.15, 0.2) is 0 Å². The molecule has 2 aromatic heterocycles. The Labute approximate surface area is 136 Å². The molecule has 6 heteroatoms. The number of hydrogen-bond acceptors (Lipinski definition) is 5. The Morgan fingerprint density at radius 3 is 3.04 bits per heavy atom. The molecule has 126 valence electrons. The van der Waals surface area contributed by atoms with Crippen molar-refractivity contribution in [3.05, 3.63) is 36.0 Å². The van der Waals surface area contributed by atoms with Crippen molar-refractivity contribution in [3.63, 3.8) is 0 Å². The third-order valence-corrected chi connectivity index (χ3v) is 4.69. The second-order valence-corrected chi connectivity index (χ2v) is 6.49. The highest BCUT2D eigenvalue weighted by Crippen LogP contribution is 2.28. The molecule has 0 spiro atoms. The topological polar surface area (TPSA) is 76.1 Å². The summed E-state index contributed by atoms with van der Waals surface area (Å²) in [5.41, 5.74) is 0.639. The largest absolute Gasteiger partial charge is 0.469 e. The van der Waals surface area contributed by atoms with Crippen LogP contribution in [0.1, 0.15) is 56.5 Å². The maximum absolute atomic E-state index is 9.18. The minimum Gasteiger partial charge on any atom is -0.469 e. The minimum atomic E-state index is -0.0512. The zero-order valence-corrected chi connectivity index (χ0v) is 13.7. The van der Waals surface area contributed by atoms with Crippen LogP contribution in [0.15, 0.2) is 29.0 Å². The number of rotatable bonds is 7. The fourth-order valence-corrected chi connectivity index (χ4v) is 3.43. The number of aliphatic hydroxyl groups excluding tert-OH is 1. The highest BCUT2D eigenvalue weighted by molar-refractivity contribution is 4.99. The highest BCUT2D eigenvalue weighted by Gasteiger charge is 2.28. The molecular weight excluding hydrogens is 292 g/mol. The number of nitrogens with one attached hydrogen (secondary N) is 1. The van der Waals surface area contributed by atoms with Crippen molar-refractivity contribution in [1.29, 1.82) is 0 Å². The Bertz CT molecular complexity index is 581. The molecule has 2 aromatic rings. The number of furan rings is 1. The van der Waals surface area contributed by atoms with Gasteiger partial charge in [0.1, 0.15) is 11.5 Å². The van der Waals surface area contributed by atoms with Gasteiger partial charge in [-0.1, -0.05) is 18.1 Å². The molecule has 0 aromatic carbocycles. The van der Waals surface area contributed by atoms with Crippen LogP contribution >= 0.6 is 0 Å². The van der Waals surface area contributed by atoms with Crippen molar-refractivity contribution >= 4 is 0 Å². The third kappa shape index (κ3) is 4.20. The monoisotopic (exact) mass is 318 g/mol. The summed E-state index contributed by atoms with van der Waals surface area (Å²) in [5, 5.41) is 21.2. The summed E-state index contributed by atoms with van der Waals surface area (Å²) in [6, 6.07) is 5.12. The lowest BCUT2D eigenvalue weighted by molar-refractivity contribution is 0.226. The predicted octanol–water partition coefficient (Wildman–Crippen LogP) is 2.46. The van der Waals surface area contributed by atoms with E-state index in [1.54, 1.807) is 6.26 Å². The molecule has 1 fully saturated rings. The van der Waals surface area contributed by atoms with Gasteiger partial charge < -0.3 is 14.8 Å². The van der Waals surface area contributed by atoms with Crippen LogP contribution in [-0.2, 0) is 13.0 Å². The van der Waals surface area contributed by atoms with E-state index >= 15 is 0 Å². The highest BCUT2D eigenvalue weighted by atomic mass is 16.3. The molecule has 0 unspecified atom stereocenters. The lowest BCUT2D eigenvalue weighted by atomic mass is 9.89. The number of nitrogens with zero attached hydrogens (tertiary/aromatic N) is 3. The van der Waals surface area contributed by atoms with Crippen LogP contribution in [0.4, 0.5) is 0 Å². The van der Waals surface area contributed by atoms with Gasteiger partial charge in [-0.25, -0.2) is 4.68 Å². The van der Waals surface area contributed by atoms with Gasteiger partial charge in [-0.2, -0.15) is 0 Å². The summed E-state index contributed by atoms with van der Waals surface area (Å²) in [5.74, 6) is 1.04. The minimum absolute atomic E-state index is 0.0512. The Morgan fingerprint density at radius 2 is 2.30 bits per heavy atom. The van der Waals surface area contributed by atoms with Crippen molar-refractivity contribution in [3.8, 4) is 0 Å². The van der Waals surface area contributed by atoms with Crippen LogP contribution in [0.2, 0.25) is 0 Å². The van der Waals surface area contributed by atoms with Crippen molar-refractivity contribution in [2.75, 3.05) is 0 Å². The van der Waals surface area contributed by atoms with E-state index < -0.39 is 0 Å². The van der Waals surface area contributed by atoms with E-state index in [2.05, 4.69) is 22.6 Å². The van der Waals surface area contributed by atoms with Crippen molar-refractivity contribution in [2.24, 2.45) is 0 Å². The normalized spacial score (nSPS) is 23.0. The first-order valence-electron chi connectivity index (χ1n) is 8.56. The fraction of sp³-hybridized carbons (Fsp3) is 0.647. The average molecular weight is 318 g/mol. The molecule has 0 radical (unpaired) electrons. The van der Waals surface area contributed by atoms with E-state index in [0.717, 1.165) is 31.4 Å². The first kappa shape index (κ1) is 16.2. The molecule has 0 aliphatic heterocycles. The van der Waals surface area contributed by atoms with Gasteiger partial charge in [-0.15, -0.1) is 5.10 Å². The van der Waals surface area contributed by atoms with Gasteiger partial charge in [-0.3, -0.25) is 0 Å². The average Bonchev–Trinajstić information content (AvgIpc) is 3.25. The quantitative estimate of drug-likeness (QED) is 0.820. The lowest BCUT2D eigenvalue weighted by Gasteiger charge is -2.34. The molecule has 0 bridgehead atoms. The molecule has 1 aliphatic rings. The fourth-order valence-electron chi connectivity index (χ4n) is 3.43. The van der Waals surface area contributed by atoms with Gasteiger partial charge in [0.2, 0.25) is 0 Å². The Kier molecular flexibility index (Phi) is 5.46. The van der Waals surface area contributed by atoms with Gasteiger partial charge in [0.05, 0.1) is 25.1 Å². The molecule has 1 aliphatic carbocycles. The number of aromatic nitrogens is 3. The summed E-state index contributed by atoms with van der Waals surface area (Å²) in [6.07, 6.45) is 10.3. The van der Waals surface area contributed by atoms with Gasteiger partial charge in [0, 0.05) is 18.5 Å². The van der Waals surface area contributed by atoms with E-state index in [0.29, 0.717) is 23.8 Å². The zero-order valence-electron chi connectivity index (χ0n) is 13.7. The summed E-state index contributed by atoms with van der Waals surface area (Å²) in [6.45, 7) is 2.18. The molecule has 2 heterocycles. The third-order valence-electron chi connectivity index (χ3n) is 4.69. The first-order valence-corrected chi connectivity index (χ1v) is 8.56. The number of aliphatic hydroxyl groups is 1. The molecule has 0 amide bonds. The predicted molar refractivity (Wildman–Crippen MR) is 86.9 cm³/mol. The van der Waals surface area contributed by atoms with E-state index in [1.165, 1.54) is 12.8 Å². The van der Waals surface area contributed by atoms with E-state index in [4.69, 9.17) is 4.42 Å². The lowest BCUT2D eigenvalue weighted by Crippen LogP contribution is -2.44. The van der Waals surface area contributed by atoms with Crippen LogP contribution < -0.4 is 5.32 Å². The van der Waals surface area contributed by atoms with Crippen LogP contribution in [0, 0.1) is 0 Å². The summed E-state index contributed by atoms with van der Waals surface area (Å²) < 4.78 is 7.34. The molecule has 1 saturated carbocycles. The number of aryl methyl sites for hydroxylation is 1. The standard InChI is InChI=1S/C17H26N4O2/c1-13(8-9-15-5-4-10-23-15)18-16-6-2-3-7-17(16)21-11-14(12-22)19-20-21/h4-5,10-11,13,16-18,22H,2-3,6-9,12H2,1H3/t13-,16-,17+/m0/s1. The molecule has 3 rings (SSSR count). The Hall–Kier alpha value is -1.66. The van der Waals surface area contributed by atoms with Gasteiger partial charge in [0.25, 0.3) is 0 Å². The van der Waals surface area contributed by atoms with Gasteiger partial charge in [-0.05, 0) is 38.3 Å². The van der Waals surface area contributed by atoms with Gasteiger partial charge >= 0.3 is 0 Å². The SMILES string of the molecule is C[C@@H](CCc1ccco1)N[C@H]1CCCC[C@H]1n1cc(CO)nn1. The summed E-state index contributed by atoms with van der Waals surface area (Å²) >= 11 is 0. The van der Waals surface area contributed by atoms with Crippen molar-refractivity contribution in [2.45, 2.75) is 70.2 Å². The molecule has 2 N–H and O–H groups in total. The molecule has 23 heavy (non-hydrogen) atoms. The molecule has 3 atom stereocenters. The molecular formula is C17H26N4O2. The maximum Gasteiger partial charge on any atom is 0.108 e. The van der Waals surface area contributed by atoms with Crippen LogP contribution in [0.25, 0.3) is 0 Å². The maximum atomic E-state index is 9.18. The smallest absolute Gasteiger partial charge is 0.108 e.